The molecule has 90 valence electrons. The number of esters is 1. The number of rotatable bonds is 1. The largest absolute Gasteiger partial charge is 0.463 e. The van der Waals surface area contributed by atoms with E-state index in [1.807, 2.05) is 0 Å². The number of nitrogens with zero attached hydrogens (tertiary/aromatic N) is 1. The van der Waals surface area contributed by atoms with Gasteiger partial charge in [0.05, 0.1) is 12.8 Å². The Kier molecular flexibility index (Phi) is 2.62. The molecule has 1 aliphatic heterocycles. The van der Waals surface area contributed by atoms with Gasteiger partial charge < -0.3 is 10.1 Å². The van der Waals surface area contributed by atoms with E-state index in [4.69, 9.17) is 0 Å². The minimum Gasteiger partial charge on any atom is -0.463 e. The number of sulfonamides is 1. The summed E-state index contributed by atoms with van der Waals surface area (Å²) in [6, 6.07) is 4.82. The summed E-state index contributed by atoms with van der Waals surface area (Å²) in [4.78, 5) is 11.3. The van der Waals surface area contributed by atoms with Gasteiger partial charge in [0.2, 0.25) is 5.84 Å². The predicted octanol–water partition coefficient (Wildman–Crippen LogP) is 0.681. The van der Waals surface area contributed by atoms with Gasteiger partial charge >= 0.3 is 5.97 Å². The average Bonchev–Trinajstić information content (AvgIpc) is 2.28. The predicted molar refractivity (Wildman–Crippen MR) is 61.4 cm³/mol. The Morgan fingerprint density at radius 1 is 1.41 bits per heavy atom. The van der Waals surface area contributed by atoms with Crippen molar-refractivity contribution in [2.75, 3.05) is 12.4 Å². The van der Waals surface area contributed by atoms with Gasteiger partial charge in [-0.1, -0.05) is 6.07 Å². The van der Waals surface area contributed by atoms with Crippen molar-refractivity contribution < 1.29 is 17.9 Å². The maximum atomic E-state index is 11.8. The number of aryl methyl sites for hydroxylation is 1. The van der Waals surface area contributed by atoms with Crippen LogP contribution in [0.5, 0.6) is 0 Å². The van der Waals surface area contributed by atoms with Crippen LogP contribution in [0.15, 0.2) is 27.5 Å². The van der Waals surface area contributed by atoms with Crippen molar-refractivity contribution in [2.24, 2.45) is 4.40 Å². The van der Waals surface area contributed by atoms with Crippen molar-refractivity contribution in [3.8, 4) is 0 Å². The van der Waals surface area contributed by atoms with Crippen molar-refractivity contribution in [2.45, 2.75) is 11.8 Å². The molecule has 0 saturated carbocycles. The van der Waals surface area contributed by atoms with E-state index in [9.17, 15) is 13.2 Å². The van der Waals surface area contributed by atoms with Crippen molar-refractivity contribution in [3.05, 3.63) is 23.8 Å². The third-order valence-electron chi connectivity index (χ3n) is 2.26. The summed E-state index contributed by atoms with van der Waals surface area (Å²) in [5.41, 5.74) is 1.12. The molecule has 0 aliphatic carbocycles. The molecule has 17 heavy (non-hydrogen) atoms. The smallest absolute Gasteiger partial charge is 0.374 e. The Morgan fingerprint density at radius 3 is 2.76 bits per heavy atom. The van der Waals surface area contributed by atoms with Crippen LogP contribution in [0.1, 0.15) is 5.56 Å². The van der Waals surface area contributed by atoms with Crippen molar-refractivity contribution in [1.29, 1.82) is 0 Å². The Balaban J connectivity index is 2.58. The first-order valence-electron chi connectivity index (χ1n) is 4.75. The quantitative estimate of drug-likeness (QED) is 0.745. The molecule has 1 aliphatic rings. The van der Waals surface area contributed by atoms with Crippen molar-refractivity contribution in [1.82, 2.24) is 0 Å². The number of ether oxygens (including phenoxy) is 1. The van der Waals surface area contributed by atoms with Gasteiger partial charge in [-0.25, -0.2) is 4.79 Å². The molecule has 6 nitrogen and oxygen atoms in total. The van der Waals surface area contributed by atoms with Crippen molar-refractivity contribution >= 4 is 27.5 Å². The van der Waals surface area contributed by atoms with Gasteiger partial charge in [-0.05, 0) is 24.6 Å². The zero-order valence-electron chi connectivity index (χ0n) is 9.22. The number of carbonyl (C=O) groups is 1. The van der Waals surface area contributed by atoms with Crippen LogP contribution in [0.3, 0.4) is 0 Å². The third kappa shape index (κ3) is 2.01. The van der Waals surface area contributed by atoms with E-state index in [1.165, 1.54) is 6.07 Å². The highest BCUT2D eigenvalue weighted by atomic mass is 32.2. The summed E-state index contributed by atoms with van der Waals surface area (Å²) in [6.45, 7) is 1.77. The second kappa shape index (κ2) is 3.85. The van der Waals surface area contributed by atoms with E-state index < -0.39 is 16.0 Å². The molecule has 0 aromatic heterocycles. The summed E-state index contributed by atoms with van der Waals surface area (Å²) in [5, 5.41) is 2.63. The molecular weight excluding hydrogens is 244 g/mol. The SMILES string of the molecule is COC(=O)C1=NS(=O)(=O)c2cc(C)ccc2N1. The van der Waals surface area contributed by atoms with Crippen LogP contribution in [0.4, 0.5) is 5.69 Å². The van der Waals surface area contributed by atoms with Gasteiger partial charge in [0.15, 0.2) is 0 Å². The van der Waals surface area contributed by atoms with E-state index in [2.05, 4.69) is 14.5 Å². The van der Waals surface area contributed by atoms with Crippen LogP contribution >= 0.6 is 0 Å². The number of hydrogen-bond donors (Lipinski definition) is 1. The average molecular weight is 254 g/mol. The van der Waals surface area contributed by atoms with Crippen molar-refractivity contribution in [3.63, 3.8) is 0 Å². The molecule has 1 N–H and O–H groups in total. The topological polar surface area (TPSA) is 84.8 Å². The normalized spacial score (nSPS) is 16.5. The molecule has 0 bridgehead atoms. The number of carbonyl (C=O) groups excluding carboxylic acids is 1. The molecule has 0 unspecified atom stereocenters. The monoisotopic (exact) mass is 254 g/mol. The van der Waals surface area contributed by atoms with Gasteiger partial charge in [0, 0.05) is 0 Å². The Hall–Kier alpha value is -1.89. The maximum absolute atomic E-state index is 11.8. The number of hydrogen-bond acceptors (Lipinski definition) is 5. The molecule has 0 spiro atoms. The molecule has 1 aromatic carbocycles. The van der Waals surface area contributed by atoms with Crippen LogP contribution in [-0.4, -0.2) is 27.3 Å². The fourth-order valence-corrected chi connectivity index (χ4v) is 2.64. The number of fused-ring (bicyclic) bond motifs is 1. The molecule has 0 atom stereocenters. The summed E-state index contributed by atoms with van der Waals surface area (Å²) in [7, 11) is -2.69. The minimum absolute atomic E-state index is 0.0603. The summed E-state index contributed by atoms with van der Waals surface area (Å²) in [6.07, 6.45) is 0. The molecule has 2 rings (SSSR count). The number of benzene rings is 1. The molecule has 0 fully saturated rings. The van der Waals surface area contributed by atoms with Gasteiger partial charge in [0.1, 0.15) is 4.90 Å². The Morgan fingerprint density at radius 2 is 2.12 bits per heavy atom. The fraction of sp³-hybridized carbons (Fsp3) is 0.200. The standard InChI is InChI=1S/C10H10N2O4S/c1-6-3-4-7-8(5-6)17(14,15)12-9(11-7)10(13)16-2/h3-5H,1-2H3,(H,11,12). The molecule has 0 radical (unpaired) electrons. The highest BCUT2D eigenvalue weighted by Gasteiger charge is 2.28. The molecule has 0 saturated heterocycles. The van der Waals surface area contributed by atoms with Gasteiger partial charge in [-0.15, -0.1) is 4.40 Å². The van der Waals surface area contributed by atoms with Crippen LogP contribution in [0.25, 0.3) is 0 Å². The number of methoxy groups -OCH3 is 1. The lowest BCUT2D eigenvalue weighted by Gasteiger charge is -2.16. The fourth-order valence-electron chi connectivity index (χ4n) is 1.45. The highest BCUT2D eigenvalue weighted by molar-refractivity contribution is 7.90. The first kappa shape index (κ1) is 11.6. The van der Waals surface area contributed by atoms with Gasteiger partial charge in [-0.3, -0.25) is 0 Å². The molecule has 0 amide bonds. The van der Waals surface area contributed by atoms with E-state index in [0.29, 0.717) is 5.69 Å². The zero-order valence-corrected chi connectivity index (χ0v) is 10.0. The van der Waals surface area contributed by atoms with E-state index >= 15 is 0 Å². The Bertz CT molecular complexity index is 619. The lowest BCUT2D eigenvalue weighted by Crippen LogP contribution is -2.29. The number of anilines is 1. The first-order chi connectivity index (χ1) is 7.94. The van der Waals surface area contributed by atoms with Crippen LogP contribution in [0.2, 0.25) is 0 Å². The van der Waals surface area contributed by atoms with Gasteiger partial charge in [-0.2, -0.15) is 8.42 Å². The van der Waals surface area contributed by atoms with E-state index in [-0.39, 0.29) is 10.7 Å². The van der Waals surface area contributed by atoms with Crippen LogP contribution < -0.4 is 5.32 Å². The highest BCUT2D eigenvalue weighted by Crippen LogP contribution is 2.28. The lowest BCUT2D eigenvalue weighted by molar-refractivity contribution is -0.132. The molecular formula is C10H10N2O4S. The third-order valence-corrected chi connectivity index (χ3v) is 3.57. The summed E-state index contributed by atoms with van der Waals surface area (Å²) < 4.78 is 31.4. The van der Waals surface area contributed by atoms with E-state index in [0.717, 1.165) is 12.7 Å². The maximum Gasteiger partial charge on any atom is 0.374 e. The number of amidine groups is 1. The number of nitrogens with one attached hydrogen (secondary N) is 1. The molecule has 1 aromatic rings. The first-order valence-corrected chi connectivity index (χ1v) is 6.19. The second-order valence-corrected chi connectivity index (χ2v) is 5.10. The second-order valence-electron chi connectivity index (χ2n) is 3.53. The Labute approximate surface area is 98.4 Å². The van der Waals surface area contributed by atoms with Crippen LogP contribution in [0, 0.1) is 6.92 Å². The molecule has 7 heteroatoms. The zero-order chi connectivity index (χ0) is 12.6. The summed E-state index contributed by atoms with van der Waals surface area (Å²) in [5.74, 6) is -1.15. The minimum atomic E-state index is -3.84. The van der Waals surface area contributed by atoms with Gasteiger partial charge in [0.25, 0.3) is 10.0 Å². The van der Waals surface area contributed by atoms with E-state index in [1.54, 1.807) is 19.1 Å². The lowest BCUT2D eigenvalue weighted by atomic mass is 10.2. The summed E-state index contributed by atoms with van der Waals surface area (Å²) >= 11 is 0. The van der Waals surface area contributed by atoms with Crippen LogP contribution in [-0.2, 0) is 19.6 Å². The molecule has 1 heterocycles.